The van der Waals surface area contributed by atoms with E-state index in [0.29, 0.717) is 16.7 Å². The van der Waals surface area contributed by atoms with Crippen LogP contribution in [-0.4, -0.2) is 44.7 Å². The van der Waals surface area contributed by atoms with E-state index in [2.05, 4.69) is 10.6 Å². The van der Waals surface area contributed by atoms with Gasteiger partial charge in [-0.3, -0.25) is 0 Å². The molecule has 0 aliphatic carbocycles. The Bertz CT molecular complexity index is 1080. The van der Waals surface area contributed by atoms with Gasteiger partial charge in [-0.1, -0.05) is 12.1 Å². The molecule has 0 radical (unpaired) electrons. The molecule has 13 heteroatoms. The van der Waals surface area contributed by atoms with Crippen molar-refractivity contribution in [3.05, 3.63) is 59.2 Å². The van der Waals surface area contributed by atoms with Crippen molar-refractivity contribution in [1.29, 1.82) is 5.26 Å². The number of alkyl halides is 6. The van der Waals surface area contributed by atoms with Crippen LogP contribution < -0.4 is 20.3 Å². The number of nitriles is 1. The Morgan fingerprint density at radius 3 is 2.43 bits per heavy atom. The van der Waals surface area contributed by atoms with Crippen LogP contribution >= 0.6 is 0 Å². The van der Waals surface area contributed by atoms with Crippen LogP contribution in [0.2, 0.25) is 0 Å². The molecule has 2 N–H and O–H groups in total. The van der Waals surface area contributed by atoms with Crippen LogP contribution in [0.4, 0.5) is 36.8 Å². The predicted molar refractivity (Wildman–Crippen MR) is 111 cm³/mol. The lowest BCUT2D eigenvalue weighted by Crippen LogP contribution is -2.42. The van der Waals surface area contributed by atoms with Gasteiger partial charge >= 0.3 is 18.4 Å². The number of anilines is 1. The van der Waals surface area contributed by atoms with Crippen LogP contribution in [0.5, 0.6) is 5.75 Å². The quantitative estimate of drug-likeness (QED) is 0.579. The van der Waals surface area contributed by atoms with E-state index in [-0.39, 0.29) is 31.4 Å². The molecule has 3 rings (SSSR count). The molecule has 1 saturated heterocycles. The van der Waals surface area contributed by atoms with Crippen molar-refractivity contribution in [2.45, 2.75) is 31.2 Å². The summed E-state index contributed by atoms with van der Waals surface area (Å²) in [5, 5.41) is 13.9. The van der Waals surface area contributed by atoms with Crippen molar-refractivity contribution >= 4 is 11.7 Å². The van der Waals surface area contributed by atoms with Gasteiger partial charge in [0.15, 0.2) is 0 Å². The minimum absolute atomic E-state index is 0.248. The number of hydrogen-bond acceptors (Lipinski definition) is 5. The fourth-order valence-corrected chi connectivity index (χ4v) is 3.41. The van der Waals surface area contributed by atoms with Crippen LogP contribution in [-0.2, 0) is 17.5 Å². The highest BCUT2D eigenvalue weighted by molar-refractivity contribution is 5.73. The average Bonchev–Trinajstić information content (AvgIpc) is 3.26. The van der Waals surface area contributed by atoms with E-state index in [1.165, 1.54) is 13.1 Å². The summed E-state index contributed by atoms with van der Waals surface area (Å²) in [6.07, 6.45) is -13.4. The second kappa shape index (κ2) is 10.3. The molecule has 2 aromatic rings. The molecule has 1 fully saturated rings. The third kappa shape index (κ3) is 6.48. The molecule has 1 heterocycles. The van der Waals surface area contributed by atoms with Crippen LogP contribution in [0.15, 0.2) is 42.5 Å². The summed E-state index contributed by atoms with van der Waals surface area (Å²) in [7, 11) is 1.47. The van der Waals surface area contributed by atoms with Crippen molar-refractivity contribution in [3.63, 3.8) is 0 Å². The normalized spacial score (nSPS) is 18.2. The molecular weight excluding hydrogens is 482 g/mol. The molecule has 0 bridgehead atoms. The molecule has 2 aromatic carbocycles. The van der Waals surface area contributed by atoms with Gasteiger partial charge < -0.3 is 25.0 Å². The Morgan fingerprint density at radius 1 is 1.17 bits per heavy atom. The van der Waals surface area contributed by atoms with Crippen molar-refractivity contribution < 1.29 is 40.6 Å². The first kappa shape index (κ1) is 26.0. The Balaban J connectivity index is 1.71. The van der Waals surface area contributed by atoms with Gasteiger partial charge in [0, 0.05) is 19.3 Å². The minimum atomic E-state index is -4.92. The zero-order valence-corrected chi connectivity index (χ0v) is 18.2. The summed E-state index contributed by atoms with van der Waals surface area (Å²) >= 11 is 0. The molecule has 1 aliphatic rings. The van der Waals surface area contributed by atoms with Crippen molar-refractivity contribution in [3.8, 4) is 11.8 Å². The second-order valence-electron chi connectivity index (χ2n) is 7.53. The van der Waals surface area contributed by atoms with Crippen LogP contribution in [0.3, 0.4) is 0 Å². The monoisotopic (exact) mass is 502 g/mol. The summed E-state index contributed by atoms with van der Waals surface area (Å²) in [5.41, 5.74) is -1.65. The number of ether oxygens (including phenoxy) is 2. The number of nitrogens with one attached hydrogen (secondary N) is 2. The Morgan fingerprint density at radius 2 is 1.86 bits per heavy atom. The highest BCUT2D eigenvalue weighted by Gasteiger charge is 2.51. The van der Waals surface area contributed by atoms with E-state index in [0.717, 1.165) is 17.7 Å². The smallest absolute Gasteiger partial charge is 0.433 e. The van der Waals surface area contributed by atoms with E-state index in [1.54, 1.807) is 24.3 Å². The van der Waals surface area contributed by atoms with Gasteiger partial charge in [0.25, 0.3) is 0 Å². The van der Waals surface area contributed by atoms with Gasteiger partial charge in [0.1, 0.15) is 18.5 Å². The van der Waals surface area contributed by atoms with Gasteiger partial charge in [-0.05, 0) is 35.9 Å². The largest absolute Gasteiger partial charge is 0.491 e. The summed E-state index contributed by atoms with van der Waals surface area (Å²) < 4.78 is 91.2. The molecule has 2 atom stereocenters. The number of hydrogen-bond donors (Lipinski definition) is 2. The molecule has 0 spiro atoms. The number of benzene rings is 2. The fraction of sp³-hybridized carbons (Fsp3) is 0.364. The summed E-state index contributed by atoms with van der Waals surface area (Å²) in [5.74, 6) is 0.331. The zero-order valence-electron chi connectivity index (χ0n) is 18.2. The highest BCUT2D eigenvalue weighted by Crippen LogP contribution is 2.39. The number of carbonyl (C=O) groups is 1. The van der Waals surface area contributed by atoms with E-state index in [4.69, 9.17) is 14.7 Å². The van der Waals surface area contributed by atoms with Gasteiger partial charge in [-0.15, -0.1) is 0 Å². The molecule has 35 heavy (non-hydrogen) atoms. The van der Waals surface area contributed by atoms with Crippen molar-refractivity contribution in [2.24, 2.45) is 0 Å². The lowest BCUT2D eigenvalue weighted by atomic mass is 10.1. The third-order valence-electron chi connectivity index (χ3n) is 5.08. The van der Waals surface area contributed by atoms with Gasteiger partial charge in [0.05, 0.1) is 23.7 Å². The number of nitrogens with zero attached hydrogens (tertiary/aromatic N) is 2. The lowest BCUT2D eigenvalue weighted by Gasteiger charge is -2.27. The van der Waals surface area contributed by atoms with E-state index >= 15 is 0 Å². The molecular formula is C22H20F6N4O3. The maximum Gasteiger partial charge on any atom is 0.433 e. The first-order valence-electron chi connectivity index (χ1n) is 10.2. The number of rotatable bonds is 6. The van der Waals surface area contributed by atoms with E-state index in [9.17, 15) is 31.1 Å². The Hall–Kier alpha value is -3.66. The number of amides is 2. The predicted octanol–water partition coefficient (Wildman–Crippen LogP) is 4.18. The SMILES string of the molecule is CNC(=O)NCc1ccc(OC[C@H]2CN(c3ccc(C#N)c(C(F)(F)F)c3)[C@@H](C(F)(F)F)O2)cc1. The standard InChI is InChI=1S/C22H20F6N4O3/c1-30-20(33)31-10-13-2-6-16(7-3-13)34-12-17-11-32(19(35-17)22(26,27)28)15-5-4-14(9-29)18(8-15)21(23,24)25/h2-8,17,19H,10-12H2,1H3,(H2,30,31,33)/t17-,19-/m1/s1. The Kier molecular flexibility index (Phi) is 7.64. The summed E-state index contributed by atoms with van der Waals surface area (Å²) in [4.78, 5) is 11.9. The topological polar surface area (TPSA) is 86.6 Å². The molecule has 188 valence electrons. The molecule has 0 unspecified atom stereocenters. The number of halogens is 6. The summed E-state index contributed by atoms with van der Waals surface area (Å²) in [6, 6.07) is 9.82. The lowest BCUT2D eigenvalue weighted by molar-refractivity contribution is -0.215. The Labute approximate surface area is 196 Å². The molecule has 0 aromatic heterocycles. The highest BCUT2D eigenvalue weighted by atomic mass is 19.4. The van der Waals surface area contributed by atoms with Gasteiger partial charge in [-0.2, -0.15) is 31.6 Å². The van der Waals surface area contributed by atoms with Crippen molar-refractivity contribution in [2.75, 3.05) is 25.1 Å². The second-order valence-corrected chi connectivity index (χ2v) is 7.53. The maximum absolute atomic E-state index is 13.6. The fourth-order valence-electron chi connectivity index (χ4n) is 3.41. The van der Waals surface area contributed by atoms with Gasteiger partial charge in [0.2, 0.25) is 6.23 Å². The van der Waals surface area contributed by atoms with Crippen LogP contribution in [0.1, 0.15) is 16.7 Å². The van der Waals surface area contributed by atoms with Crippen molar-refractivity contribution in [1.82, 2.24) is 10.6 Å². The first-order valence-corrected chi connectivity index (χ1v) is 10.2. The molecule has 2 amide bonds. The molecule has 1 aliphatic heterocycles. The third-order valence-corrected chi connectivity index (χ3v) is 5.08. The molecule has 0 saturated carbocycles. The first-order chi connectivity index (χ1) is 16.4. The minimum Gasteiger partial charge on any atom is -0.491 e. The molecule has 7 nitrogen and oxygen atoms in total. The van der Waals surface area contributed by atoms with Crippen LogP contribution in [0, 0.1) is 11.3 Å². The average molecular weight is 502 g/mol. The summed E-state index contributed by atoms with van der Waals surface area (Å²) in [6.45, 7) is -0.429. The van der Waals surface area contributed by atoms with Crippen LogP contribution in [0.25, 0.3) is 0 Å². The number of carbonyl (C=O) groups excluding carboxylic acids is 1. The van der Waals surface area contributed by atoms with E-state index < -0.39 is 35.8 Å². The van der Waals surface area contributed by atoms with Gasteiger partial charge in [-0.25, -0.2) is 4.79 Å². The number of urea groups is 1. The zero-order chi connectivity index (χ0) is 25.8. The van der Waals surface area contributed by atoms with E-state index in [1.807, 2.05) is 0 Å². The maximum atomic E-state index is 13.6.